The smallest absolute Gasteiger partial charge is 0.335 e. The number of aliphatic hydroxyl groups excluding tert-OH is 2. The summed E-state index contributed by atoms with van der Waals surface area (Å²) >= 11 is 0. The highest BCUT2D eigenvalue weighted by Gasteiger charge is 2.50. The van der Waals surface area contributed by atoms with Crippen molar-refractivity contribution < 1.29 is 58.2 Å². The first kappa shape index (κ1) is 77.2. The third kappa shape index (κ3) is 48.0. The summed E-state index contributed by atoms with van der Waals surface area (Å²) in [7, 11) is 0. The fraction of sp³-hybridized carbons (Fsp3) is 0.775. The van der Waals surface area contributed by atoms with Crippen LogP contribution in [-0.2, 0) is 42.9 Å². The molecule has 0 aromatic carbocycles. The van der Waals surface area contributed by atoms with E-state index in [1.165, 1.54) is 116 Å². The number of unbranched alkanes of at least 4 members (excludes halogenated alkanes) is 32. The number of ether oxygens (including phenoxy) is 5. The molecule has 0 aliphatic carbocycles. The summed E-state index contributed by atoms with van der Waals surface area (Å²) in [6.45, 7) is 5.96. The van der Waals surface area contributed by atoms with Crippen molar-refractivity contribution in [2.45, 2.75) is 340 Å². The fourth-order valence-electron chi connectivity index (χ4n) is 9.99. The van der Waals surface area contributed by atoms with Crippen molar-refractivity contribution in [3.63, 3.8) is 0 Å². The van der Waals surface area contributed by atoms with Crippen LogP contribution in [0.15, 0.2) is 72.9 Å². The first-order chi connectivity index (χ1) is 40.6. The van der Waals surface area contributed by atoms with E-state index in [2.05, 4.69) is 93.7 Å². The molecule has 478 valence electrons. The summed E-state index contributed by atoms with van der Waals surface area (Å²) < 4.78 is 28.6. The molecule has 0 saturated carbocycles. The largest absolute Gasteiger partial charge is 0.479 e. The molecule has 0 bridgehead atoms. The Morgan fingerprint density at radius 1 is 0.398 bits per heavy atom. The molecule has 12 heteroatoms. The van der Waals surface area contributed by atoms with Crippen LogP contribution in [0.2, 0.25) is 0 Å². The maximum Gasteiger partial charge on any atom is 0.335 e. The van der Waals surface area contributed by atoms with Gasteiger partial charge < -0.3 is 39.0 Å². The summed E-state index contributed by atoms with van der Waals surface area (Å²) in [5.74, 6) is -3.14. The van der Waals surface area contributed by atoms with Crippen LogP contribution >= 0.6 is 0 Å². The van der Waals surface area contributed by atoms with Crippen molar-refractivity contribution in [2.24, 2.45) is 0 Å². The van der Waals surface area contributed by atoms with Crippen LogP contribution in [0.3, 0.4) is 0 Å². The normalized spacial score (nSPS) is 18.0. The number of carbonyl (C=O) groups is 4. The highest BCUT2D eigenvalue weighted by atomic mass is 16.7. The molecular weight excluding hydrogens is 1040 g/mol. The second-order valence-corrected chi connectivity index (χ2v) is 23.1. The van der Waals surface area contributed by atoms with E-state index in [9.17, 15) is 34.5 Å². The molecule has 0 aromatic heterocycles. The Labute approximate surface area is 506 Å². The minimum Gasteiger partial charge on any atom is -0.479 e. The zero-order chi connectivity index (χ0) is 60.3. The molecule has 1 saturated heterocycles. The first-order valence-corrected chi connectivity index (χ1v) is 33.9. The molecule has 0 aromatic rings. The molecule has 1 aliphatic heterocycles. The molecule has 6 atom stereocenters. The number of esters is 3. The summed E-state index contributed by atoms with van der Waals surface area (Å²) in [4.78, 5) is 51.4. The monoisotopic (exact) mass is 1170 g/mol. The van der Waals surface area contributed by atoms with Crippen LogP contribution < -0.4 is 0 Å². The number of carboxylic acids is 1. The van der Waals surface area contributed by atoms with Gasteiger partial charge in [-0.3, -0.25) is 14.4 Å². The van der Waals surface area contributed by atoms with Gasteiger partial charge in [-0.1, -0.05) is 241 Å². The topological polar surface area (TPSA) is 175 Å². The van der Waals surface area contributed by atoms with Gasteiger partial charge in [0.05, 0.1) is 6.61 Å². The van der Waals surface area contributed by atoms with Crippen LogP contribution in [0.1, 0.15) is 303 Å². The Bertz CT molecular complexity index is 1720. The third-order valence-corrected chi connectivity index (χ3v) is 15.2. The summed E-state index contributed by atoms with van der Waals surface area (Å²) in [5.41, 5.74) is 0. The lowest BCUT2D eigenvalue weighted by Gasteiger charge is -2.40. The van der Waals surface area contributed by atoms with Crippen LogP contribution in [-0.4, -0.2) is 89.2 Å². The average Bonchev–Trinajstić information content (AvgIpc) is 3.58. The van der Waals surface area contributed by atoms with Gasteiger partial charge in [0.15, 0.2) is 24.6 Å². The molecule has 3 N–H and O–H groups in total. The number of carboxylic acid groups (broad SMARTS) is 1. The second-order valence-electron chi connectivity index (χ2n) is 23.1. The number of aliphatic hydroxyl groups is 2. The number of rotatable bonds is 58. The Hall–Kier alpha value is -3.84. The molecule has 1 fully saturated rings. The van der Waals surface area contributed by atoms with Gasteiger partial charge in [-0.25, -0.2) is 4.79 Å². The number of carbonyl (C=O) groups excluding carboxylic acids is 3. The quantitative estimate of drug-likeness (QED) is 0.0228. The van der Waals surface area contributed by atoms with Crippen LogP contribution in [0.25, 0.3) is 0 Å². The number of aliphatic carboxylic acids is 1. The van der Waals surface area contributed by atoms with E-state index in [1.54, 1.807) is 0 Å². The van der Waals surface area contributed by atoms with E-state index < -0.39 is 67.3 Å². The van der Waals surface area contributed by atoms with Crippen molar-refractivity contribution in [2.75, 3.05) is 13.2 Å². The van der Waals surface area contributed by atoms with Crippen molar-refractivity contribution >= 4 is 23.9 Å². The molecule has 0 amide bonds. The molecule has 1 heterocycles. The molecule has 83 heavy (non-hydrogen) atoms. The Kier molecular flexibility index (Phi) is 54.4. The van der Waals surface area contributed by atoms with E-state index in [-0.39, 0.29) is 25.9 Å². The molecule has 0 radical (unpaired) electrons. The minimum atomic E-state index is -1.91. The zero-order valence-electron chi connectivity index (χ0n) is 52.9. The maximum absolute atomic E-state index is 13.2. The lowest BCUT2D eigenvalue weighted by molar-refractivity contribution is -0.301. The fourth-order valence-corrected chi connectivity index (χ4v) is 9.99. The van der Waals surface area contributed by atoms with Gasteiger partial charge in [0.1, 0.15) is 18.8 Å². The number of hydrogen-bond donors (Lipinski definition) is 3. The van der Waals surface area contributed by atoms with Crippen LogP contribution in [0, 0.1) is 0 Å². The van der Waals surface area contributed by atoms with Crippen molar-refractivity contribution in [1.82, 2.24) is 0 Å². The lowest BCUT2D eigenvalue weighted by atomic mass is 9.98. The highest BCUT2D eigenvalue weighted by molar-refractivity contribution is 5.74. The minimum absolute atomic E-state index is 0.0481. The summed E-state index contributed by atoms with van der Waals surface area (Å²) in [6.07, 6.45) is 62.8. The predicted molar refractivity (Wildman–Crippen MR) is 340 cm³/mol. The van der Waals surface area contributed by atoms with E-state index in [1.807, 2.05) is 0 Å². The summed E-state index contributed by atoms with van der Waals surface area (Å²) in [5, 5.41) is 31.6. The average molecular weight is 1170 g/mol. The SMILES string of the molecule is CCCCC/C=C\C/C=C\C/C=C\CCCCCCCCC(=O)OCC(COC1OC(C(=O)O)C(O)C(O)C1OC(=O)CCCCCCC/C=C\CCCCCCCC)OC(=O)CCCCCCCCCCC/C=C\C/C=C\CCCCC. The second kappa shape index (κ2) is 58.5. The van der Waals surface area contributed by atoms with Crippen molar-refractivity contribution in [3.05, 3.63) is 72.9 Å². The lowest BCUT2D eigenvalue weighted by Crippen LogP contribution is -2.61. The number of hydrogen-bond acceptors (Lipinski definition) is 11. The molecular formula is C71H122O12. The highest BCUT2D eigenvalue weighted by Crippen LogP contribution is 2.27. The van der Waals surface area contributed by atoms with Crippen molar-refractivity contribution in [1.29, 1.82) is 0 Å². The summed E-state index contributed by atoms with van der Waals surface area (Å²) in [6, 6.07) is 0. The molecule has 12 nitrogen and oxygen atoms in total. The van der Waals surface area contributed by atoms with Gasteiger partial charge in [0.25, 0.3) is 0 Å². The molecule has 1 aliphatic rings. The first-order valence-electron chi connectivity index (χ1n) is 33.9. The zero-order valence-corrected chi connectivity index (χ0v) is 52.9. The van der Waals surface area contributed by atoms with Crippen molar-refractivity contribution in [3.8, 4) is 0 Å². The third-order valence-electron chi connectivity index (χ3n) is 15.2. The standard InChI is InChI=1S/C71H122O12/c1-4-7-10-13-16-19-22-25-28-30-32-34-37-39-42-45-48-51-54-57-63(72)79-60-62(81-64(73)58-55-52-49-46-43-41-38-35-33-31-29-26-23-20-17-14-11-8-5-2)61-80-71-69(67(76)66(75)68(83-71)70(77)78)82-65(74)59-56-53-50-47-44-40-36-27-24-21-18-15-12-9-6-3/h16-17,19-20,25-29,32,34,36,62,66-69,71,75-76H,4-15,18,21-24,30-31,33,35,37-61H2,1-3H3,(H,77,78)/b19-16-,20-17-,28-25-,29-26-,34-32-,36-27-. The van der Waals surface area contributed by atoms with E-state index in [0.29, 0.717) is 19.3 Å². The molecule has 6 unspecified atom stereocenters. The number of allylic oxidation sites excluding steroid dienone is 12. The van der Waals surface area contributed by atoms with Crippen LogP contribution in [0.4, 0.5) is 0 Å². The van der Waals surface area contributed by atoms with Crippen LogP contribution in [0.5, 0.6) is 0 Å². The Morgan fingerprint density at radius 3 is 1.13 bits per heavy atom. The van der Waals surface area contributed by atoms with E-state index in [4.69, 9.17) is 23.7 Å². The van der Waals surface area contributed by atoms with E-state index >= 15 is 0 Å². The van der Waals surface area contributed by atoms with Gasteiger partial charge >= 0.3 is 23.9 Å². The van der Waals surface area contributed by atoms with Gasteiger partial charge in [-0.05, 0) is 116 Å². The maximum atomic E-state index is 13.2. The van der Waals surface area contributed by atoms with E-state index in [0.717, 1.165) is 128 Å². The van der Waals surface area contributed by atoms with Gasteiger partial charge in [0.2, 0.25) is 0 Å². The van der Waals surface area contributed by atoms with Gasteiger partial charge in [-0.15, -0.1) is 0 Å². The molecule has 1 rings (SSSR count). The van der Waals surface area contributed by atoms with Gasteiger partial charge in [-0.2, -0.15) is 0 Å². The predicted octanol–water partition coefficient (Wildman–Crippen LogP) is 18.5. The Balaban J connectivity index is 2.66. The molecule has 0 spiro atoms. The van der Waals surface area contributed by atoms with Gasteiger partial charge in [0, 0.05) is 19.3 Å². The Morgan fingerprint density at radius 2 is 0.723 bits per heavy atom.